The van der Waals surface area contributed by atoms with Crippen molar-refractivity contribution in [3.8, 4) is 0 Å². The number of rotatable bonds is 3. The fraction of sp³-hybridized carbons (Fsp3) is 0.350. The molecule has 0 radical (unpaired) electrons. The normalized spacial score (nSPS) is 15.3. The Balaban J connectivity index is 1.33. The van der Waals surface area contributed by atoms with Gasteiger partial charge in [-0.15, -0.1) is 0 Å². The number of anilines is 1. The van der Waals surface area contributed by atoms with Gasteiger partial charge in [-0.05, 0) is 37.1 Å². The van der Waals surface area contributed by atoms with Gasteiger partial charge in [0.1, 0.15) is 5.82 Å². The molecule has 0 atom stereocenters. The van der Waals surface area contributed by atoms with Crippen LogP contribution >= 0.6 is 0 Å². The number of carbonyl (C=O) groups excluding carboxylic acids is 1. The molecule has 1 fully saturated rings. The predicted molar refractivity (Wildman–Crippen MR) is 105 cm³/mol. The summed E-state index contributed by atoms with van der Waals surface area (Å²) in [5, 5.41) is 7.25. The lowest BCUT2D eigenvalue weighted by atomic mass is 10.1. The van der Waals surface area contributed by atoms with Crippen molar-refractivity contribution in [2.45, 2.75) is 20.4 Å². The Kier molecular flexibility index (Phi) is 4.77. The smallest absolute Gasteiger partial charge is 0.321 e. The maximum atomic E-state index is 12.6. The molecule has 1 N–H and O–H groups in total. The Hall–Kier alpha value is -2.93. The van der Waals surface area contributed by atoms with Crippen LogP contribution in [0, 0.1) is 13.8 Å². The van der Waals surface area contributed by atoms with E-state index in [0.717, 1.165) is 44.1 Å². The summed E-state index contributed by atoms with van der Waals surface area (Å²) in [5.74, 6) is 0.711. The molecular formula is C20H24N6O. The molecule has 27 heavy (non-hydrogen) atoms. The molecular weight excluding hydrogens is 340 g/mol. The molecule has 3 heterocycles. The highest BCUT2D eigenvalue weighted by Crippen LogP contribution is 2.14. The van der Waals surface area contributed by atoms with Gasteiger partial charge in [0.25, 0.3) is 0 Å². The Morgan fingerprint density at radius 1 is 1.07 bits per heavy atom. The van der Waals surface area contributed by atoms with Crippen LogP contribution in [-0.2, 0) is 6.54 Å². The number of nitrogens with one attached hydrogen (secondary N) is 1. The van der Waals surface area contributed by atoms with Crippen molar-refractivity contribution >= 4 is 17.4 Å². The van der Waals surface area contributed by atoms with E-state index in [1.165, 1.54) is 11.1 Å². The van der Waals surface area contributed by atoms with Gasteiger partial charge in [-0.1, -0.05) is 24.3 Å². The lowest BCUT2D eigenvalue weighted by Crippen LogP contribution is -2.49. The SMILES string of the molecule is Cc1nc2ccc(NC(=O)N3CCN(Cc4ccccc4C)CC3)cn2n1. The summed E-state index contributed by atoms with van der Waals surface area (Å²) < 4.78 is 1.69. The van der Waals surface area contributed by atoms with E-state index in [1.807, 2.05) is 24.0 Å². The second-order valence-electron chi connectivity index (χ2n) is 7.00. The zero-order valence-electron chi connectivity index (χ0n) is 15.7. The van der Waals surface area contributed by atoms with Gasteiger partial charge in [0, 0.05) is 32.7 Å². The van der Waals surface area contributed by atoms with Crippen molar-refractivity contribution in [2.75, 3.05) is 31.5 Å². The molecule has 0 aliphatic carbocycles. The number of urea groups is 1. The van der Waals surface area contributed by atoms with Gasteiger partial charge in [0.2, 0.25) is 0 Å². The lowest BCUT2D eigenvalue weighted by Gasteiger charge is -2.34. The van der Waals surface area contributed by atoms with Crippen LogP contribution in [0.4, 0.5) is 10.5 Å². The van der Waals surface area contributed by atoms with E-state index < -0.39 is 0 Å². The highest BCUT2D eigenvalue weighted by molar-refractivity contribution is 5.89. The lowest BCUT2D eigenvalue weighted by molar-refractivity contribution is 0.143. The van der Waals surface area contributed by atoms with Crippen LogP contribution in [0.5, 0.6) is 0 Å². The predicted octanol–water partition coefficient (Wildman–Crippen LogP) is 2.70. The molecule has 0 bridgehead atoms. The maximum absolute atomic E-state index is 12.6. The number of hydrogen-bond donors (Lipinski definition) is 1. The first-order valence-corrected chi connectivity index (χ1v) is 9.24. The minimum atomic E-state index is -0.0678. The maximum Gasteiger partial charge on any atom is 0.321 e. The van der Waals surface area contributed by atoms with Crippen LogP contribution < -0.4 is 5.32 Å². The minimum absolute atomic E-state index is 0.0678. The van der Waals surface area contributed by atoms with Crippen molar-refractivity contribution in [1.82, 2.24) is 24.4 Å². The molecule has 1 aliphatic rings. The van der Waals surface area contributed by atoms with Crippen LogP contribution in [0.15, 0.2) is 42.6 Å². The number of aryl methyl sites for hydroxylation is 2. The van der Waals surface area contributed by atoms with Crippen LogP contribution in [0.2, 0.25) is 0 Å². The molecule has 2 aromatic heterocycles. The van der Waals surface area contributed by atoms with Gasteiger partial charge in [0.05, 0.1) is 11.9 Å². The van der Waals surface area contributed by atoms with E-state index in [2.05, 4.69) is 51.5 Å². The van der Waals surface area contributed by atoms with Gasteiger partial charge in [-0.3, -0.25) is 4.90 Å². The van der Waals surface area contributed by atoms with E-state index in [0.29, 0.717) is 5.82 Å². The van der Waals surface area contributed by atoms with Crippen molar-refractivity contribution in [1.29, 1.82) is 0 Å². The number of piperazine rings is 1. The first-order valence-electron chi connectivity index (χ1n) is 9.24. The van der Waals surface area contributed by atoms with E-state index in [-0.39, 0.29) is 6.03 Å². The van der Waals surface area contributed by atoms with Gasteiger partial charge in [-0.2, -0.15) is 5.10 Å². The van der Waals surface area contributed by atoms with Gasteiger partial charge in [0.15, 0.2) is 5.65 Å². The fourth-order valence-electron chi connectivity index (χ4n) is 3.41. The number of hydrogen-bond acceptors (Lipinski definition) is 4. The average molecular weight is 364 g/mol. The molecule has 1 aliphatic heterocycles. The van der Waals surface area contributed by atoms with Crippen molar-refractivity contribution in [3.63, 3.8) is 0 Å². The number of fused-ring (bicyclic) bond motifs is 1. The zero-order chi connectivity index (χ0) is 18.8. The Morgan fingerprint density at radius 2 is 1.85 bits per heavy atom. The van der Waals surface area contributed by atoms with Crippen LogP contribution in [-0.4, -0.2) is 56.6 Å². The van der Waals surface area contributed by atoms with Crippen LogP contribution in [0.25, 0.3) is 5.65 Å². The molecule has 0 spiro atoms. The molecule has 0 saturated carbocycles. The second kappa shape index (κ2) is 7.36. The summed E-state index contributed by atoms with van der Waals surface area (Å²) in [6.45, 7) is 8.13. The molecule has 3 aromatic rings. The number of amides is 2. The first-order chi connectivity index (χ1) is 13.1. The van der Waals surface area contributed by atoms with Gasteiger partial charge >= 0.3 is 6.03 Å². The van der Waals surface area contributed by atoms with Gasteiger partial charge < -0.3 is 10.2 Å². The summed E-state index contributed by atoms with van der Waals surface area (Å²) in [5.41, 5.74) is 4.17. The molecule has 7 nitrogen and oxygen atoms in total. The zero-order valence-corrected chi connectivity index (χ0v) is 15.7. The molecule has 2 amide bonds. The molecule has 1 saturated heterocycles. The van der Waals surface area contributed by atoms with Crippen molar-refractivity contribution in [3.05, 3.63) is 59.5 Å². The molecule has 140 valence electrons. The summed E-state index contributed by atoms with van der Waals surface area (Å²) in [4.78, 5) is 21.1. The topological polar surface area (TPSA) is 65.8 Å². The largest absolute Gasteiger partial charge is 0.322 e. The number of pyridine rings is 1. The summed E-state index contributed by atoms with van der Waals surface area (Å²) in [7, 11) is 0. The Bertz CT molecular complexity index is 958. The molecule has 1 aromatic carbocycles. The second-order valence-corrected chi connectivity index (χ2v) is 7.00. The summed E-state index contributed by atoms with van der Waals surface area (Å²) in [6, 6.07) is 12.1. The third kappa shape index (κ3) is 3.93. The third-order valence-corrected chi connectivity index (χ3v) is 5.00. The monoisotopic (exact) mass is 364 g/mol. The summed E-state index contributed by atoms with van der Waals surface area (Å²) in [6.07, 6.45) is 1.79. The molecule has 0 unspecified atom stereocenters. The van der Waals surface area contributed by atoms with Gasteiger partial charge in [-0.25, -0.2) is 14.3 Å². The number of carbonyl (C=O) groups is 1. The van der Waals surface area contributed by atoms with E-state index >= 15 is 0 Å². The van der Waals surface area contributed by atoms with E-state index in [1.54, 1.807) is 10.7 Å². The molecule has 7 heteroatoms. The highest BCUT2D eigenvalue weighted by Gasteiger charge is 2.21. The number of aromatic nitrogens is 3. The first kappa shape index (κ1) is 17.5. The van der Waals surface area contributed by atoms with Crippen molar-refractivity contribution < 1.29 is 4.79 Å². The summed E-state index contributed by atoms with van der Waals surface area (Å²) >= 11 is 0. The Labute approximate surface area is 158 Å². The third-order valence-electron chi connectivity index (χ3n) is 5.00. The highest BCUT2D eigenvalue weighted by atomic mass is 16.2. The quantitative estimate of drug-likeness (QED) is 0.776. The number of benzene rings is 1. The van der Waals surface area contributed by atoms with Crippen LogP contribution in [0.1, 0.15) is 17.0 Å². The number of nitrogens with zero attached hydrogens (tertiary/aromatic N) is 5. The van der Waals surface area contributed by atoms with Crippen LogP contribution in [0.3, 0.4) is 0 Å². The van der Waals surface area contributed by atoms with Crippen molar-refractivity contribution in [2.24, 2.45) is 0 Å². The average Bonchev–Trinajstić information content (AvgIpc) is 3.03. The minimum Gasteiger partial charge on any atom is -0.322 e. The fourth-order valence-corrected chi connectivity index (χ4v) is 3.41. The van der Waals surface area contributed by atoms with E-state index in [4.69, 9.17) is 0 Å². The standard InChI is InChI=1S/C20H24N6O/c1-15-5-3-4-6-17(15)13-24-9-11-25(12-10-24)20(27)22-18-7-8-19-21-16(2)23-26(19)14-18/h3-8,14H,9-13H2,1-2H3,(H,22,27). The van der Waals surface area contributed by atoms with E-state index in [9.17, 15) is 4.79 Å². The molecule has 4 rings (SSSR count). The Morgan fingerprint density at radius 3 is 2.63 bits per heavy atom.